The molecule has 2 N–H and O–H groups in total. The minimum atomic E-state index is -4.14. The van der Waals surface area contributed by atoms with Crippen LogP contribution in [0, 0.1) is 6.92 Å². The molecular weight excluding hydrogens is 522 g/mol. The Labute approximate surface area is 227 Å². The lowest BCUT2D eigenvalue weighted by atomic mass is 10.1. The monoisotopic (exact) mass is 547 g/mol. The van der Waals surface area contributed by atoms with Crippen molar-refractivity contribution in [2.45, 2.75) is 18.4 Å². The number of nitrogens with zero attached hydrogens (tertiary/aromatic N) is 1. The molecular formula is C29H26ClN3O4S. The lowest BCUT2D eigenvalue weighted by Gasteiger charge is -2.25. The van der Waals surface area contributed by atoms with Gasteiger partial charge in [0.1, 0.15) is 6.54 Å². The van der Waals surface area contributed by atoms with Crippen molar-refractivity contribution >= 4 is 44.8 Å². The number of rotatable bonds is 9. The van der Waals surface area contributed by atoms with E-state index in [0.29, 0.717) is 6.54 Å². The Balaban J connectivity index is 1.57. The molecule has 7 nitrogen and oxygen atoms in total. The lowest BCUT2D eigenvalue weighted by molar-refractivity contribution is -0.114. The van der Waals surface area contributed by atoms with Crippen LogP contribution in [0.2, 0.25) is 5.02 Å². The average Bonchev–Trinajstić information content (AvgIpc) is 2.92. The molecule has 2 amide bonds. The highest BCUT2D eigenvalue weighted by Crippen LogP contribution is 2.30. The van der Waals surface area contributed by atoms with Crippen LogP contribution in [0.5, 0.6) is 0 Å². The van der Waals surface area contributed by atoms with Gasteiger partial charge < -0.3 is 10.6 Å². The van der Waals surface area contributed by atoms with Crippen LogP contribution in [-0.4, -0.2) is 26.8 Å². The van der Waals surface area contributed by atoms with Gasteiger partial charge in [-0.3, -0.25) is 13.9 Å². The largest absolute Gasteiger partial charge is 0.348 e. The lowest BCUT2D eigenvalue weighted by Crippen LogP contribution is -2.38. The number of carbonyl (C=O) groups is 2. The highest BCUT2D eigenvalue weighted by molar-refractivity contribution is 7.92. The van der Waals surface area contributed by atoms with E-state index in [1.807, 2.05) is 37.3 Å². The van der Waals surface area contributed by atoms with E-state index in [1.165, 1.54) is 18.2 Å². The minimum Gasteiger partial charge on any atom is -0.348 e. The van der Waals surface area contributed by atoms with Crippen LogP contribution in [0.25, 0.3) is 0 Å². The molecule has 0 atom stereocenters. The summed E-state index contributed by atoms with van der Waals surface area (Å²) in [6.07, 6.45) is 0. The SMILES string of the molecule is Cc1ccc(S(=O)(=O)N(CC(=O)Nc2ccccc2C(=O)NCc2ccccc2)c2ccccc2Cl)cc1. The molecule has 0 fully saturated rings. The van der Waals surface area contributed by atoms with E-state index in [9.17, 15) is 18.0 Å². The fourth-order valence-corrected chi connectivity index (χ4v) is 5.50. The Morgan fingerprint density at radius 3 is 2.16 bits per heavy atom. The van der Waals surface area contributed by atoms with Gasteiger partial charge in [-0.05, 0) is 48.9 Å². The standard InChI is InChI=1S/C29H26ClN3O4S/c1-21-15-17-23(18-16-21)38(36,37)33(27-14-8-6-12-25(27)30)20-28(34)32-26-13-7-5-11-24(26)29(35)31-19-22-9-3-2-4-10-22/h2-18H,19-20H2,1H3,(H,31,35)(H,32,34). The normalized spacial score (nSPS) is 11.0. The summed E-state index contributed by atoms with van der Waals surface area (Å²) in [4.78, 5) is 26.1. The highest BCUT2D eigenvalue weighted by Gasteiger charge is 2.29. The van der Waals surface area contributed by atoms with Crippen LogP contribution in [0.4, 0.5) is 11.4 Å². The number of anilines is 2. The predicted octanol–water partition coefficient (Wildman–Crippen LogP) is 5.41. The summed E-state index contributed by atoms with van der Waals surface area (Å²) in [5.74, 6) is -1.01. The maximum absolute atomic E-state index is 13.6. The second-order valence-electron chi connectivity index (χ2n) is 8.54. The van der Waals surface area contributed by atoms with Gasteiger partial charge in [0, 0.05) is 6.54 Å². The molecule has 0 aromatic heterocycles. The summed E-state index contributed by atoms with van der Waals surface area (Å²) in [6.45, 7) is 1.61. The number of amides is 2. The third-order valence-electron chi connectivity index (χ3n) is 5.76. The Morgan fingerprint density at radius 1 is 0.816 bits per heavy atom. The van der Waals surface area contributed by atoms with Gasteiger partial charge in [-0.2, -0.15) is 0 Å². The molecule has 4 rings (SSSR count). The van der Waals surface area contributed by atoms with E-state index in [0.717, 1.165) is 15.4 Å². The smallest absolute Gasteiger partial charge is 0.264 e. The molecule has 4 aromatic carbocycles. The summed E-state index contributed by atoms with van der Waals surface area (Å²) in [7, 11) is -4.14. The summed E-state index contributed by atoms with van der Waals surface area (Å²) >= 11 is 6.34. The molecule has 0 aliphatic carbocycles. The first-order valence-electron chi connectivity index (χ1n) is 11.8. The predicted molar refractivity (Wildman–Crippen MR) is 150 cm³/mol. The van der Waals surface area contributed by atoms with Gasteiger partial charge >= 0.3 is 0 Å². The van der Waals surface area contributed by atoms with Crippen LogP contribution in [0.3, 0.4) is 0 Å². The first kappa shape index (κ1) is 26.9. The fourth-order valence-electron chi connectivity index (χ4n) is 3.77. The summed E-state index contributed by atoms with van der Waals surface area (Å²) in [5.41, 5.74) is 2.50. The van der Waals surface area contributed by atoms with E-state index in [-0.39, 0.29) is 32.8 Å². The molecule has 38 heavy (non-hydrogen) atoms. The Morgan fingerprint density at radius 2 is 1.45 bits per heavy atom. The Bertz CT molecular complexity index is 1540. The van der Waals surface area contributed by atoms with E-state index in [2.05, 4.69) is 10.6 Å². The van der Waals surface area contributed by atoms with Gasteiger partial charge in [-0.25, -0.2) is 8.42 Å². The molecule has 0 aliphatic heterocycles. The zero-order chi connectivity index (χ0) is 27.1. The van der Waals surface area contributed by atoms with Crippen LogP contribution >= 0.6 is 11.6 Å². The van der Waals surface area contributed by atoms with E-state index >= 15 is 0 Å². The number of carbonyl (C=O) groups excluding carboxylic acids is 2. The average molecular weight is 548 g/mol. The Kier molecular flexibility index (Phi) is 8.45. The Hall–Kier alpha value is -4.14. The molecule has 0 radical (unpaired) electrons. The van der Waals surface area contributed by atoms with Crippen LogP contribution in [0.15, 0.2) is 108 Å². The van der Waals surface area contributed by atoms with Crippen molar-refractivity contribution in [3.8, 4) is 0 Å². The molecule has 4 aromatic rings. The summed E-state index contributed by atoms with van der Waals surface area (Å²) < 4.78 is 28.2. The molecule has 0 unspecified atom stereocenters. The maximum atomic E-state index is 13.6. The van der Waals surface area contributed by atoms with Crippen LogP contribution in [-0.2, 0) is 21.4 Å². The molecule has 9 heteroatoms. The van der Waals surface area contributed by atoms with E-state index in [4.69, 9.17) is 11.6 Å². The molecule has 0 spiro atoms. The fraction of sp³-hybridized carbons (Fsp3) is 0.103. The van der Waals surface area contributed by atoms with Crippen molar-refractivity contribution in [3.05, 3.63) is 125 Å². The number of nitrogens with one attached hydrogen (secondary N) is 2. The van der Waals surface area contributed by atoms with Gasteiger partial charge in [0.25, 0.3) is 15.9 Å². The quantitative estimate of drug-likeness (QED) is 0.293. The number of para-hydroxylation sites is 2. The van der Waals surface area contributed by atoms with Gasteiger partial charge in [0.05, 0.1) is 26.9 Å². The van der Waals surface area contributed by atoms with Gasteiger partial charge in [-0.1, -0.05) is 83.9 Å². The molecule has 0 bridgehead atoms. The number of benzene rings is 4. The number of aryl methyl sites for hydroxylation is 1. The van der Waals surface area contributed by atoms with Gasteiger partial charge in [0.2, 0.25) is 5.91 Å². The van der Waals surface area contributed by atoms with Crippen LogP contribution in [0.1, 0.15) is 21.5 Å². The summed E-state index contributed by atoms with van der Waals surface area (Å²) in [6, 6.07) is 28.7. The zero-order valence-corrected chi connectivity index (χ0v) is 22.2. The van der Waals surface area contributed by atoms with Crippen molar-refractivity contribution in [2.24, 2.45) is 0 Å². The molecule has 0 aliphatic rings. The first-order valence-corrected chi connectivity index (χ1v) is 13.6. The van der Waals surface area contributed by atoms with Crippen molar-refractivity contribution in [2.75, 3.05) is 16.2 Å². The zero-order valence-electron chi connectivity index (χ0n) is 20.6. The van der Waals surface area contributed by atoms with Crippen LogP contribution < -0.4 is 14.9 Å². The first-order chi connectivity index (χ1) is 18.3. The second kappa shape index (κ2) is 11.9. The second-order valence-corrected chi connectivity index (χ2v) is 10.8. The number of halogens is 1. The maximum Gasteiger partial charge on any atom is 0.264 e. The molecule has 0 heterocycles. The van der Waals surface area contributed by atoms with Crippen molar-refractivity contribution in [1.82, 2.24) is 5.32 Å². The van der Waals surface area contributed by atoms with Gasteiger partial charge in [-0.15, -0.1) is 0 Å². The van der Waals surface area contributed by atoms with Crippen molar-refractivity contribution in [1.29, 1.82) is 0 Å². The van der Waals surface area contributed by atoms with E-state index < -0.39 is 22.5 Å². The third-order valence-corrected chi connectivity index (χ3v) is 7.85. The molecule has 194 valence electrons. The minimum absolute atomic E-state index is 0.0245. The van der Waals surface area contributed by atoms with Crippen molar-refractivity contribution < 1.29 is 18.0 Å². The third kappa shape index (κ3) is 6.40. The van der Waals surface area contributed by atoms with Crippen molar-refractivity contribution in [3.63, 3.8) is 0 Å². The topological polar surface area (TPSA) is 95.6 Å². The van der Waals surface area contributed by atoms with Gasteiger partial charge in [0.15, 0.2) is 0 Å². The molecule has 0 saturated carbocycles. The summed E-state index contributed by atoms with van der Waals surface area (Å²) in [5, 5.41) is 5.71. The number of hydrogen-bond donors (Lipinski definition) is 2. The number of sulfonamides is 1. The van der Waals surface area contributed by atoms with E-state index in [1.54, 1.807) is 54.6 Å². The molecule has 0 saturated heterocycles. The highest BCUT2D eigenvalue weighted by atomic mass is 35.5. The number of hydrogen-bond acceptors (Lipinski definition) is 4.